The van der Waals surface area contributed by atoms with Gasteiger partial charge in [-0.3, -0.25) is 14.4 Å². The predicted octanol–water partition coefficient (Wildman–Crippen LogP) is 11.8. The van der Waals surface area contributed by atoms with E-state index in [1.54, 1.807) is 37.5 Å². The smallest absolute Gasteiger partial charge is 0.246 e. The van der Waals surface area contributed by atoms with Crippen LogP contribution < -0.4 is 31.4 Å². The van der Waals surface area contributed by atoms with Gasteiger partial charge in [0, 0.05) is 81.8 Å². The van der Waals surface area contributed by atoms with Gasteiger partial charge in [0.2, 0.25) is 17.7 Å². The zero-order valence-electron chi connectivity index (χ0n) is 58.0. The Morgan fingerprint density at radius 2 is 0.740 bits per heavy atom. The molecule has 0 aliphatic carbocycles. The van der Waals surface area contributed by atoms with Gasteiger partial charge in [0.15, 0.2) is 16.9 Å². The molecule has 0 saturated carbocycles. The van der Waals surface area contributed by atoms with Crippen LogP contribution in [0.2, 0.25) is 0 Å². The van der Waals surface area contributed by atoms with E-state index < -0.39 is 0 Å². The number of benzene rings is 6. The van der Waals surface area contributed by atoms with Gasteiger partial charge in [-0.25, -0.2) is 43.9 Å². The molecule has 0 spiro atoms. The van der Waals surface area contributed by atoms with Crippen LogP contribution in [0.25, 0.3) is 66.9 Å². The molecule has 3 aliphatic heterocycles. The number of nitrogens with zero attached hydrogens (tertiary/aromatic N) is 16. The number of fused-ring (bicyclic) bond motifs is 3. The molecular weight excluding hydrogens is 1310 g/mol. The third kappa shape index (κ3) is 16.1. The summed E-state index contributed by atoms with van der Waals surface area (Å²) in [6, 6.07) is 52.0. The summed E-state index contributed by atoms with van der Waals surface area (Å²) in [5.74, 6) is 5.61. The SMILES string of the molecule is C/C=C/C(=O)N1CCC(n2nc(-c3ccc(Oc4ccccc4)cc3)c3c(N)ncnc32)C1.CN(C)C/C=C/C(=O)N1CCC(n2nc(-c3ccc(Oc4ccccc4)cc3)c3c(N)ncnc32)C1.COC/C=C/C(=O)N1CCC(n2nc(-c3ccc(Oc4ccccc4)cc3)c3c(N)ncnc32)C1. The van der Waals surface area contributed by atoms with Crippen molar-refractivity contribution in [1.82, 2.24) is 78.8 Å². The highest BCUT2D eigenvalue weighted by Crippen LogP contribution is 2.39. The lowest BCUT2D eigenvalue weighted by Gasteiger charge is -2.15. The molecule has 3 atom stereocenters. The minimum atomic E-state index is -0.0376. The van der Waals surface area contributed by atoms with Crippen LogP contribution in [-0.4, -0.2) is 170 Å². The van der Waals surface area contributed by atoms with E-state index in [-0.39, 0.29) is 35.8 Å². The summed E-state index contributed by atoms with van der Waals surface area (Å²) in [7, 11) is 5.54. The number of para-hydroxylation sites is 3. The van der Waals surface area contributed by atoms with Gasteiger partial charge in [0.05, 0.1) is 40.9 Å². The molecule has 0 radical (unpaired) electrons. The Bertz CT molecular complexity index is 5050. The summed E-state index contributed by atoms with van der Waals surface area (Å²) in [6.07, 6.45) is 16.9. The Morgan fingerprint density at radius 3 is 1.05 bits per heavy atom. The molecule has 12 aromatic rings. The highest BCUT2D eigenvalue weighted by atomic mass is 16.5. The molecule has 6 aromatic carbocycles. The van der Waals surface area contributed by atoms with Crippen LogP contribution in [-0.2, 0) is 19.1 Å². The van der Waals surface area contributed by atoms with E-state index in [0.29, 0.717) is 114 Å². The second-order valence-electron chi connectivity index (χ2n) is 25.3. The minimum Gasteiger partial charge on any atom is -0.457 e. The molecule has 104 heavy (non-hydrogen) atoms. The van der Waals surface area contributed by atoms with Crippen molar-refractivity contribution in [3.05, 3.63) is 219 Å². The number of aromatic nitrogens is 12. The number of rotatable bonds is 19. The van der Waals surface area contributed by atoms with Gasteiger partial charge < -0.3 is 55.7 Å². The summed E-state index contributed by atoms with van der Waals surface area (Å²) in [5.41, 5.74) is 25.6. The number of likely N-dealkylation sites (N-methyl/N-ethyl adjacent to an activating group) is 1. The molecule has 26 nitrogen and oxygen atoms in total. The molecule has 0 bridgehead atoms. The lowest BCUT2D eigenvalue weighted by molar-refractivity contribution is -0.125. The van der Waals surface area contributed by atoms with Crippen molar-refractivity contribution >= 4 is 68.3 Å². The van der Waals surface area contributed by atoms with Gasteiger partial charge in [-0.15, -0.1) is 0 Å². The molecule has 9 heterocycles. The first kappa shape index (κ1) is 69.8. The molecule has 6 N–H and O–H groups in total. The van der Waals surface area contributed by atoms with Crippen molar-refractivity contribution < 1.29 is 33.3 Å². The summed E-state index contributed by atoms with van der Waals surface area (Å²) >= 11 is 0. The number of amides is 3. The quantitative estimate of drug-likeness (QED) is 0.0633. The summed E-state index contributed by atoms with van der Waals surface area (Å²) < 4.78 is 28.4. The number of allylic oxidation sites excluding steroid dienone is 1. The van der Waals surface area contributed by atoms with Crippen molar-refractivity contribution in [2.24, 2.45) is 0 Å². The molecule has 3 amide bonds. The first-order valence-corrected chi connectivity index (χ1v) is 34.2. The number of hydrogen-bond donors (Lipinski definition) is 3. The second kappa shape index (κ2) is 32.3. The van der Waals surface area contributed by atoms with Gasteiger partial charge in [-0.2, -0.15) is 15.3 Å². The number of carbonyl (C=O) groups excluding carboxylic acids is 3. The maximum absolute atomic E-state index is 12.6. The minimum absolute atomic E-state index is 0.00226. The summed E-state index contributed by atoms with van der Waals surface area (Å²) in [5, 5.41) is 16.9. The number of anilines is 3. The van der Waals surface area contributed by atoms with Crippen LogP contribution in [0.15, 0.2) is 219 Å². The summed E-state index contributed by atoms with van der Waals surface area (Å²) in [6.45, 7) is 6.64. The molecular formula is C78H79N19O7. The molecule has 528 valence electrons. The van der Waals surface area contributed by atoms with Crippen LogP contribution in [0.4, 0.5) is 17.5 Å². The van der Waals surface area contributed by atoms with E-state index in [2.05, 4.69) is 29.9 Å². The Hall–Kier alpha value is -12.7. The standard InChI is InChI=1S/C27H29N7O2.C26H26N6O3.C25H24N6O2/c1-32(2)15-6-9-23(35)33-16-14-20(17-33)34-27-24(26(28)29-18-30-27)25(31-34)19-10-12-22(13-11-19)36-21-7-4-3-5-8-21;1-34-15-5-8-22(33)31-14-13-19(16-31)32-26-23(25(27)28-17-29-26)24(30-32)18-9-11-21(12-10-18)35-20-6-3-2-4-7-20;1-2-6-21(32)30-14-13-18(15-30)31-25-22(24(26)27-16-28-25)23(29-31)17-9-11-20(12-10-17)33-19-7-4-3-5-8-19/h3-13,18,20H,14-17H2,1-2H3,(H2,28,29,30);2-12,17,19H,13-16H2,1H3,(H2,27,28,29);2-12,16,18H,13-15H2,1H3,(H2,26,27,28)/b9-6+;8-5+;6-2+. The Kier molecular flexibility index (Phi) is 21.7. The first-order chi connectivity index (χ1) is 50.8. The van der Waals surface area contributed by atoms with Gasteiger partial charge in [-0.1, -0.05) is 72.8 Å². The number of ether oxygens (including phenoxy) is 4. The average Bonchev–Trinajstić information content (AvgIpc) is 1.62. The zero-order chi connectivity index (χ0) is 72.1. The topological polar surface area (TPSA) is 310 Å². The molecule has 6 aromatic heterocycles. The van der Waals surface area contributed by atoms with Gasteiger partial charge in [-0.05, 0) is 156 Å². The molecule has 26 heteroatoms. The van der Waals surface area contributed by atoms with Crippen molar-refractivity contribution in [3.63, 3.8) is 0 Å². The Balaban J connectivity index is 0.000000139. The normalized spacial score (nSPS) is 15.9. The number of likely N-dealkylation sites (tertiary alicyclic amines) is 3. The average molecular weight is 1390 g/mol. The van der Waals surface area contributed by atoms with E-state index in [4.69, 9.17) is 51.4 Å². The van der Waals surface area contributed by atoms with Gasteiger partial charge >= 0.3 is 0 Å². The highest BCUT2D eigenvalue weighted by Gasteiger charge is 2.34. The van der Waals surface area contributed by atoms with Crippen molar-refractivity contribution in [2.45, 2.75) is 44.3 Å². The lowest BCUT2D eigenvalue weighted by atomic mass is 10.1. The van der Waals surface area contributed by atoms with Crippen LogP contribution in [0, 0.1) is 0 Å². The Morgan fingerprint density at radius 1 is 0.433 bits per heavy atom. The predicted molar refractivity (Wildman–Crippen MR) is 399 cm³/mol. The number of nitrogen functional groups attached to an aromatic ring is 3. The molecule has 3 saturated heterocycles. The van der Waals surface area contributed by atoms with Crippen molar-refractivity contribution in [2.75, 3.05) is 90.8 Å². The zero-order valence-corrected chi connectivity index (χ0v) is 58.0. The fourth-order valence-electron chi connectivity index (χ4n) is 12.8. The van der Waals surface area contributed by atoms with Gasteiger partial charge in [0.25, 0.3) is 0 Å². The van der Waals surface area contributed by atoms with E-state index >= 15 is 0 Å². The number of nitrogens with two attached hydrogens (primary N) is 3. The highest BCUT2D eigenvalue weighted by molar-refractivity contribution is 6.00. The first-order valence-electron chi connectivity index (χ1n) is 34.2. The monoisotopic (exact) mass is 1390 g/mol. The summed E-state index contributed by atoms with van der Waals surface area (Å²) in [4.78, 5) is 71.0. The van der Waals surface area contributed by atoms with E-state index in [1.807, 2.05) is 225 Å². The fraction of sp³-hybridized carbons (Fsp3) is 0.231. The van der Waals surface area contributed by atoms with E-state index in [9.17, 15) is 14.4 Å². The molecule has 3 fully saturated rings. The number of methoxy groups -OCH3 is 1. The number of carbonyl (C=O) groups is 3. The second-order valence-corrected chi connectivity index (χ2v) is 25.3. The lowest BCUT2D eigenvalue weighted by Crippen LogP contribution is -2.28. The van der Waals surface area contributed by atoms with E-state index in [0.717, 1.165) is 77.0 Å². The van der Waals surface area contributed by atoms with E-state index in [1.165, 1.54) is 19.0 Å². The Labute approximate surface area is 600 Å². The van der Waals surface area contributed by atoms with Crippen LogP contribution >= 0.6 is 0 Å². The third-order valence-electron chi connectivity index (χ3n) is 17.9. The fourth-order valence-corrected chi connectivity index (χ4v) is 12.8. The van der Waals surface area contributed by atoms with Crippen LogP contribution in [0.1, 0.15) is 44.3 Å². The molecule has 3 unspecified atom stereocenters. The number of hydrogen-bond acceptors (Lipinski definition) is 20. The molecule has 15 rings (SSSR count). The maximum Gasteiger partial charge on any atom is 0.246 e. The molecule has 3 aliphatic rings. The van der Waals surface area contributed by atoms with Crippen molar-refractivity contribution in [3.8, 4) is 68.3 Å². The maximum atomic E-state index is 12.6. The van der Waals surface area contributed by atoms with Crippen molar-refractivity contribution in [1.29, 1.82) is 0 Å². The van der Waals surface area contributed by atoms with Gasteiger partial charge in [0.1, 0.15) is 88.0 Å². The third-order valence-corrected chi connectivity index (χ3v) is 17.9. The van der Waals surface area contributed by atoms with Crippen LogP contribution in [0.3, 0.4) is 0 Å². The largest absolute Gasteiger partial charge is 0.457 e. The van der Waals surface area contributed by atoms with Crippen LogP contribution in [0.5, 0.6) is 34.5 Å².